The van der Waals surface area contributed by atoms with E-state index >= 15 is 0 Å². The average Bonchev–Trinajstić information content (AvgIpc) is 2.38. The molecule has 0 aliphatic rings. The smallest absolute Gasteiger partial charge is 0.203 e. The second-order valence-corrected chi connectivity index (χ2v) is 3.31. The molecule has 0 unspecified atom stereocenters. The van der Waals surface area contributed by atoms with E-state index in [9.17, 15) is 0 Å². The fourth-order valence-corrected chi connectivity index (χ4v) is 1.41. The second-order valence-electron chi connectivity index (χ2n) is 3.31. The molecule has 0 spiro atoms. The Balaban J connectivity index is 2.52. The fourth-order valence-electron chi connectivity index (χ4n) is 1.41. The molecule has 5 nitrogen and oxygen atoms in total. The maximum absolute atomic E-state index is 8.59. The summed E-state index contributed by atoms with van der Waals surface area (Å²) in [4.78, 5) is 0. The van der Waals surface area contributed by atoms with Crippen LogP contribution in [0.1, 0.15) is 0 Å². The molecule has 1 rings (SSSR count). The van der Waals surface area contributed by atoms with Gasteiger partial charge >= 0.3 is 0 Å². The van der Waals surface area contributed by atoms with Crippen molar-refractivity contribution in [3.05, 3.63) is 18.2 Å². The molecule has 5 heteroatoms. The van der Waals surface area contributed by atoms with Crippen molar-refractivity contribution >= 4 is 0 Å². The molecule has 0 bridgehead atoms. The first-order valence-corrected chi connectivity index (χ1v) is 5.48. The Kier molecular flexibility index (Phi) is 6.21. The van der Waals surface area contributed by atoms with Crippen LogP contribution in [-0.4, -0.2) is 45.6 Å². The van der Waals surface area contributed by atoms with Gasteiger partial charge < -0.3 is 24.6 Å². The third-order valence-electron chi connectivity index (χ3n) is 2.19. The van der Waals surface area contributed by atoms with Gasteiger partial charge in [0.1, 0.15) is 6.61 Å². The standard InChI is InChI=1S/C12H19NO4/c1-15-10-4-3-5-11(12(10)16-2)17-9-7-13-6-8-14/h3-5,13-14H,6-9H2,1-2H3. The van der Waals surface area contributed by atoms with E-state index < -0.39 is 0 Å². The summed E-state index contributed by atoms with van der Waals surface area (Å²) in [6, 6.07) is 5.49. The summed E-state index contributed by atoms with van der Waals surface area (Å²) in [5.41, 5.74) is 0. The third kappa shape index (κ3) is 4.13. The first kappa shape index (κ1) is 13.6. The Labute approximate surface area is 101 Å². The van der Waals surface area contributed by atoms with Crippen LogP contribution in [0, 0.1) is 0 Å². The molecule has 0 amide bonds. The largest absolute Gasteiger partial charge is 0.493 e. The van der Waals surface area contributed by atoms with E-state index in [-0.39, 0.29) is 6.61 Å². The van der Waals surface area contributed by atoms with Gasteiger partial charge in [-0.25, -0.2) is 0 Å². The van der Waals surface area contributed by atoms with Gasteiger partial charge in [0, 0.05) is 13.1 Å². The number of benzene rings is 1. The highest BCUT2D eigenvalue weighted by molar-refractivity contribution is 5.50. The number of para-hydroxylation sites is 1. The first-order chi connectivity index (χ1) is 8.33. The maximum atomic E-state index is 8.59. The average molecular weight is 241 g/mol. The minimum atomic E-state index is 0.127. The summed E-state index contributed by atoms with van der Waals surface area (Å²) >= 11 is 0. The van der Waals surface area contributed by atoms with E-state index in [1.165, 1.54) is 0 Å². The molecule has 1 aromatic carbocycles. The van der Waals surface area contributed by atoms with Crippen molar-refractivity contribution in [2.45, 2.75) is 0 Å². The zero-order valence-electron chi connectivity index (χ0n) is 10.2. The molecule has 2 N–H and O–H groups in total. The summed E-state index contributed by atoms with van der Waals surface area (Å²) in [6.07, 6.45) is 0. The predicted molar refractivity (Wildman–Crippen MR) is 65.0 cm³/mol. The number of rotatable bonds is 8. The Hall–Kier alpha value is -1.46. The van der Waals surface area contributed by atoms with Crippen LogP contribution in [0.4, 0.5) is 0 Å². The summed E-state index contributed by atoms with van der Waals surface area (Å²) in [5.74, 6) is 1.89. The number of hydrogen-bond acceptors (Lipinski definition) is 5. The van der Waals surface area contributed by atoms with E-state index in [0.29, 0.717) is 36.9 Å². The number of methoxy groups -OCH3 is 2. The molecule has 96 valence electrons. The fraction of sp³-hybridized carbons (Fsp3) is 0.500. The van der Waals surface area contributed by atoms with Gasteiger partial charge in [0.15, 0.2) is 11.5 Å². The zero-order valence-corrected chi connectivity index (χ0v) is 10.2. The molecule has 0 saturated carbocycles. The topological polar surface area (TPSA) is 60.0 Å². The van der Waals surface area contributed by atoms with Gasteiger partial charge in [0.25, 0.3) is 0 Å². The maximum Gasteiger partial charge on any atom is 0.203 e. The summed E-state index contributed by atoms with van der Waals surface area (Å²) in [6.45, 7) is 1.87. The molecule has 0 atom stereocenters. The minimum absolute atomic E-state index is 0.127. The molecule has 0 heterocycles. The van der Waals surface area contributed by atoms with Gasteiger partial charge in [0.05, 0.1) is 20.8 Å². The SMILES string of the molecule is COc1cccc(OCCNCCO)c1OC. The lowest BCUT2D eigenvalue weighted by molar-refractivity contribution is 0.266. The minimum Gasteiger partial charge on any atom is -0.493 e. The summed E-state index contributed by atoms with van der Waals surface area (Å²) in [7, 11) is 3.17. The highest BCUT2D eigenvalue weighted by Crippen LogP contribution is 2.36. The number of ether oxygens (including phenoxy) is 3. The van der Waals surface area contributed by atoms with Crippen LogP contribution in [0.3, 0.4) is 0 Å². The van der Waals surface area contributed by atoms with E-state index in [2.05, 4.69) is 5.32 Å². The second kappa shape index (κ2) is 7.76. The van der Waals surface area contributed by atoms with Gasteiger partial charge in [-0.05, 0) is 12.1 Å². The Morgan fingerprint density at radius 1 is 1.12 bits per heavy atom. The van der Waals surface area contributed by atoms with Crippen molar-refractivity contribution in [2.24, 2.45) is 0 Å². The zero-order chi connectivity index (χ0) is 12.5. The number of aliphatic hydroxyl groups is 1. The number of nitrogens with one attached hydrogen (secondary N) is 1. The van der Waals surface area contributed by atoms with Crippen LogP contribution < -0.4 is 19.5 Å². The predicted octanol–water partition coefficient (Wildman–Crippen LogP) is 0.664. The Morgan fingerprint density at radius 3 is 2.53 bits per heavy atom. The summed E-state index contributed by atoms with van der Waals surface area (Å²) < 4.78 is 16.0. The lowest BCUT2D eigenvalue weighted by atomic mass is 10.3. The Bertz CT molecular complexity index is 330. The van der Waals surface area contributed by atoms with Gasteiger partial charge in [0.2, 0.25) is 5.75 Å². The monoisotopic (exact) mass is 241 g/mol. The molecular weight excluding hydrogens is 222 g/mol. The van der Waals surface area contributed by atoms with Crippen LogP contribution in [0.15, 0.2) is 18.2 Å². The van der Waals surface area contributed by atoms with Crippen molar-refractivity contribution in [2.75, 3.05) is 40.5 Å². The molecule has 0 radical (unpaired) electrons. The molecule has 0 saturated heterocycles. The van der Waals surface area contributed by atoms with E-state index in [1.807, 2.05) is 18.2 Å². The van der Waals surface area contributed by atoms with Gasteiger partial charge in [-0.15, -0.1) is 0 Å². The van der Waals surface area contributed by atoms with Gasteiger partial charge in [-0.1, -0.05) is 6.07 Å². The first-order valence-electron chi connectivity index (χ1n) is 5.48. The van der Waals surface area contributed by atoms with E-state index in [0.717, 1.165) is 0 Å². The molecule has 0 fully saturated rings. The van der Waals surface area contributed by atoms with E-state index in [1.54, 1.807) is 14.2 Å². The molecule has 0 aliphatic heterocycles. The molecule has 0 aliphatic carbocycles. The highest BCUT2D eigenvalue weighted by atomic mass is 16.5. The molecule has 17 heavy (non-hydrogen) atoms. The van der Waals surface area contributed by atoms with Crippen LogP contribution >= 0.6 is 0 Å². The normalized spacial score (nSPS) is 10.1. The third-order valence-corrected chi connectivity index (χ3v) is 2.19. The molecule has 0 aromatic heterocycles. The Morgan fingerprint density at radius 2 is 1.88 bits per heavy atom. The lowest BCUT2D eigenvalue weighted by Gasteiger charge is -2.13. The summed E-state index contributed by atoms with van der Waals surface area (Å²) in [5, 5.41) is 11.6. The molecular formula is C12H19NO4. The van der Waals surface area contributed by atoms with Crippen LogP contribution in [0.5, 0.6) is 17.2 Å². The number of hydrogen-bond donors (Lipinski definition) is 2. The van der Waals surface area contributed by atoms with Crippen LogP contribution in [0.25, 0.3) is 0 Å². The van der Waals surface area contributed by atoms with Crippen molar-refractivity contribution in [1.82, 2.24) is 5.32 Å². The van der Waals surface area contributed by atoms with Gasteiger partial charge in [-0.2, -0.15) is 0 Å². The van der Waals surface area contributed by atoms with Crippen LogP contribution in [0.2, 0.25) is 0 Å². The quantitative estimate of drug-likeness (QED) is 0.655. The molecule has 1 aromatic rings. The lowest BCUT2D eigenvalue weighted by Crippen LogP contribution is -2.24. The van der Waals surface area contributed by atoms with Crippen LogP contribution in [-0.2, 0) is 0 Å². The highest BCUT2D eigenvalue weighted by Gasteiger charge is 2.09. The van der Waals surface area contributed by atoms with Crippen molar-refractivity contribution in [3.63, 3.8) is 0 Å². The van der Waals surface area contributed by atoms with E-state index in [4.69, 9.17) is 19.3 Å². The van der Waals surface area contributed by atoms with Gasteiger partial charge in [-0.3, -0.25) is 0 Å². The number of aliphatic hydroxyl groups excluding tert-OH is 1. The van der Waals surface area contributed by atoms with Crippen molar-refractivity contribution < 1.29 is 19.3 Å². The van der Waals surface area contributed by atoms with Crippen molar-refractivity contribution in [1.29, 1.82) is 0 Å². The van der Waals surface area contributed by atoms with Crippen molar-refractivity contribution in [3.8, 4) is 17.2 Å².